The first-order chi connectivity index (χ1) is 14.9. The fourth-order valence-corrected chi connectivity index (χ4v) is 3.62. The van der Waals surface area contributed by atoms with Gasteiger partial charge in [-0.3, -0.25) is 9.59 Å². The Labute approximate surface area is 178 Å². The van der Waals surface area contributed by atoms with E-state index < -0.39 is 6.04 Å². The summed E-state index contributed by atoms with van der Waals surface area (Å²) in [5.74, 6) is 0.482. The molecule has 8 nitrogen and oxygen atoms in total. The Bertz CT molecular complexity index is 1160. The highest BCUT2D eigenvalue weighted by atomic mass is 19.1. The first kappa shape index (κ1) is 20.4. The lowest BCUT2D eigenvalue weighted by Gasteiger charge is -2.13. The zero-order chi connectivity index (χ0) is 22.1. The number of methoxy groups -OCH3 is 2. The van der Waals surface area contributed by atoms with Gasteiger partial charge in [-0.1, -0.05) is 12.1 Å². The second-order valence-electron chi connectivity index (χ2n) is 7.08. The number of carbonyl (C=O) groups excluding carboxylic acids is 2. The molecule has 0 bridgehead atoms. The Morgan fingerprint density at radius 2 is 1.94 bits per heavy atom. The number of fused-ring (bicyclic) bond motifs is 1. The summed E-state index contributed by atoms with van der Waals surface area (Å²) in [6.07, 6.45) is -0.113. The van der Waals surface area contributed by atoms with Crippen molar-refractivity contribution in [3.8, 4) is 22.6 Å². The van der Waals surface area contributed by atoms with Crippen molar-refractivity contribution in [2.24, 2.45) is 0 Å². The SMILES string of the molecule is COc1ccc(NC(=O)CC2C(=O)Nc3c(-c4ccc(F)cc4)c(C)nn32)c(OC)c1. The molecule has 0 saturated heterocycles. The third-order valence-electron chi connectivity index (χ3n) is 5.12. The highest BCUT2D eigenvalue weighted by molar-refractivity contribution is 6.04. The van der Waals surface area contributed by atoms with Gasteiger partial charge in [-0.2, -0.15) is 5.10 Å². The molecule has 1 aliphatic rings. The maximum atomic E-state index is 13.3. The average molecular weight is 424 g/mol. The monoisotopic (exact) mass is 424 g/mol. The number of anilines is 2. The van der Waals surface area contributed by atoms with Gasteiger partial charge in [0.2, 0.25) is 5.91 Å². The van der Waals surface area contributed by atoms with Gasteiger partial charge in [0, 0.05) is 11.6 Å². The number of nitrogens with zero attached hydrogens (tertiary/aromatic N) is 2. The molecule has 1 unspecified atom stereocenters. The summed E-state index contributed by atoms with van der Waals surface area (Å²) in [6, 6.07) is 10.2. The van der Waals surface area contributed by atoms with Crippen LogP contribution in [0.25, 0.3) is 11.1 Å². The zero-order valence-corrected chi connectivity index (χ0v) is 17.2. The molecule has 1 atom stereocenters. The van der Waals surface area contributed by atoms with E-state index in [-0.39, 0.29) is 24.1 Å². The number of ether oxygens (including phenoxy) is 2. The van der Waals surface area contributed by atoms with Crippen molar-refractivity contribution in [1.82, 2.24) is 9.78 Å². The molecular weight excluding hydrogens is 403 g/mol. The van der Waals surface area contributed by atoms with E-state index in [1.807, 2.05) is 0 Å². The van der Waals surface area contributed by atoms with Gasteiger partial charge >= 0.3 is 0 Å². The number of rotatable bonds is 6. The molecule has 2 N–H and O–H groups in total. The highest BCUT2D eigenvalue weighted by Crippen LogP contribution is 2.38. The van der Waals surface area contributed by atoms with E-state index in [0.717, 1.165) is 5.56 Å². The van der Waals surface area contributed by atoms with Crippen molar-refractivity contribution in [3.05, 3.63) is 54.0 Å². The molecule has 0 spiro atoms. The average Bonchev–Trinajstić information content (AvgIpc) is 3.22. The molecule has 3 aromatic rings. The molecular formula is C22H21FN4O4. The minimum atomic E-state index is -0.799. The summed E-state index contributed by atoms with van der Waals surface area (Å²) >= 11 is 0. The standard InChI is InChI=1S/C22H21FN4O4/c1-12-20(13-4-6-14(23)7-5-13)21-25-22(29)17(27(21)26-12)11-19(28)24-16-9-8-15(30-2)10-18(16)31-3/h4-10,17H,11H2,1-3H3,(H,24,28)(H,25,29). The summed E-state index contributed by atoms with van der Waals surface area (Å²) in [5, 5.41) is 10.0. The Morgan fingerprint density at radius 1 is 1.19 bits per heavy atom. The molecule has 2 amide bonds. The van der Waals surface area contributed by atoms with Crippen LogP contribution in [0.2, 0.25) is 0 Å². The van der Waals surface area contributed by atoms with Gasteiger partial charge in [-0.25, -0.2) is 9.07 Å². The lowest BCUT2D eigenvalue weighted by Crippen LogP contribution is -2.24. The van der Waals surface area contributed by atoms with Crippen molar-refractivity contribution in [2.75, 3.05) is 24.9 Å². The second kappa shape index (κ2) is 8.10. The Balaban J connectivity index is 1.56. The Morgan fingerprint density at radius 3 is 2.61 bits per heavy atom. The third kappa shape index (κ3) is 3.81. The minimum absolute atomic E-state index is 0.113. The fraction of sp³-hybridized carbons (Fsp3) is 0.227. The Hall–Kier alpha value is -3.88. The maximum Gasteiger partial charge on any atom is 0.251 e. The molecule has 0 aliphatic carbocycles. The number of nitrogens with one attached hydrogen (secondary N) is 2. The van der Waals surface area contributed by atoms with Crippen LogP contribution in [0.1, 0.15) is 18.2 Å². The zero-order valence-electron chi connectivity index (χ0n) is 17.2. The van der Waals surface area contributed by atoms with Crippen LogP contribution in [0.3, 0.4) is 0 Å². The van der Waals surface area contributed by atoms with Crippen LogP contribution >= 0.6 is 0 Å². The molecule has 1 aromatic heterocycles. The molecule has 0 radical (unpaired) electrons. The van der Waals surface area contributed by atoms with E-state index in [1.165, 1.54) is 31.0 Å². The van der Waals surface area contributed by atoms with E-state index in [9.17, 15) is 14.0 Å². The van der Waals surface area contributed by atoms with Crippen molar-refractivity contribution < 1.29 is 23.5 Å². The molecule has 2 heterocycles. The summed E-state index contributed by atoms with van der Waals surface area (Å²) in [5.41, 5.74) is 2.57. The van der Waals surface area contributed by atoms with Gasteiger partial charge in [0.1, 0.15) is 29.2 Å². The van der Waals surface area contributed by atoms with Gasteiger partial charge in [0.05, 0.1) is 32.0 Å². The summed E-state index contributed by atoms with van der Waals surface area (Å²) in [7, 11) is 3.03. The number of aromatic nitrogens is 2. The molecule has 2 aromatic carbocycles. The van der Waals surface area contributed by atoms with E-state index in [4.69, 9.17) is 9.47 Å². The van der Waals surface area contributed by atoms with E-state index in [2.05, 4.69) is 15.7 Å². The van der Waals surface area contributed by atoms with Crippen molar-refractivity contribution in [3.63, 3.8) is 0 Å². The number of hydrogen-bond donors (Lipinski definition) is 2. The van der Waals surface area contributed by atoms with Crippen LogP contribution < -0.4 is 20.1 Å². The van der Waals surface area contributed by atoms with E-state index in [1.54, 1.807) is 37.3 Å². The predicted molar refractivity (Wildman–Crippen MR) is 113 cm³/mol. The molecule has 4 rings (SSSR count). The number of aryl methyl sites for hydroxylation is 1. The minimum Gasteiger partial charge on any atom is -0.497 e. The summed E-state index contributed by atoms with van der Waals surface area (Å²) < 4.78 is 25.3. The van der Waals surface area contributed by atoms with Crippen LogP contribution in [0.15, 0.2) is 42.5 Å². The maximum absolute atomic E-state index is 13.3. The topological polar surface area (TPSA) is 94.5 Å². The van der Waals surface area contributed by atoms with E-state index in [0.29, 0.717) is 34.3 Å². The van der Waals surface area contributed by atoms with Gasteiger partial charge in [-0.15, -0.1) is 0 Å². The number of halogens is 1. The van der Waals surface area contributed by atoms with Gasteiger partial charge < -0.3 is 20.1 Å². The summed E-state index contributed by atoms with van der Waals surface area (Å²) in [6.45, 7) is 1.80. The molecule has 9 heteroatoms. The van der Waals surface area contributed by atoms with E-state index >= 15 is 0 Å². The van der Waals surface area contributed by atoms with Crippen molar-refractivity contribution >= 4 is 23.3 Å². The van der Waals surface area contributed by atoms with Crippen LogP contribution in [-0.4, -0.2) is 35.8 Å². The Kier molecular flexibility index (Phi) is 5.33. The van der Waals surface area contributed by atoms with Crippen molar-refractivity contribution in [2.45, 2.75) is 19.4 Å². The highest BCUT2D eigenvalue weighted by Gasteiger charge is 2.36. The van der Waals surface area contributed by atoms with Gasteiger partial charge in [0.25, 0.3) is 5.91 Å². The fourth-order valence-electron chi connectivity index (χ4n) is 3.62. The number of hydrogen-bond acceptors (Lipinski definition) is 5. The van der Waals surface area contributed by atoms with Crippen LogP contribution in [0.5, 0.6) is 11.5 Å². The molecule has 160 valence electrons. The number of amides is 2. The molecule has 0 saturated carbocycles. The van der Waals surface area contributed by atoms with Crippen LogP contribution in [0, 0.1) is 12.7 Å². The molecule has 0 fully saturated rings. The van der Waals surface area contributed by atoms with Gasteiger partial charge in [-0.05, 0) is 36.8 Å². The lowest BCUT2D eigenvalue weighted by molar-refractivity contribution is -0.123. The van der Waals surface area contributed by atoms with Gasteiger partial charge in [0.15, 0.2) is 0 Å². The molecule has 31 heavy (non-hydrogen) atoms. The third-order valence-corrected chi connectivity index (χ3v) is 5.12. The molecule has 1 aliphatic heterocycles. The summed E-state index contributed by atoms with van der Waals surface area (Å²) in [4.78, 5) is 25.3. The quantitative estimate of drug-likeness (QED) is 0.631. The van der Waals surface area contributed by atoms with Crippen LogP contribution in [-0.2, 0) is 9.59 Å². The lowest BCUT2D eigenvalue weighted by atomic mass is 10.1. The largest absolute Gasteiger partial charge is 0.497 e. The number of carbonyl (C=O) groups is 2. The first-order valence-electron chi connectivity index (χ1n) is 9.59. The first-order valence-corrected chi connectivity index (χ1v) is 9.59. The second-order valence-corrected chi connectivity index (χ2v) is 7.08. The number of benzene rings is 2. The van der Waals surface area contributed by atoms with Crippen LogP contribution in [0.4, 0.5) is 15.9 Å². The predicted octanol–water partition coefficient (Wildman–Crippen LogP) is 3.54. The smallest absolute Gasteiger partial charge is 0.251 e. The normalized spacial score (nSPS) is 14.7. The van der Waals surface area contributed by atoms with Crippen molar-refractivity contribution in [1.29, 1.82) is 0 Å².